The first-order valence-corrected chi connectivity index (χ1v) is 11.9. The summed E-state index contributed by atoms with van der Waals surface area (Å²) in [5, 5.41) is 3.78. The molecule has 0 bridgehead atoms. The number of carbonyl (C=O) groups excluding carboxylic acids is 2. The molecule has 170 valence electrons. The van der Waals surface area contributed by atoms with Gasteiger partial charge in [-0.05, 0) is 49.4 Å². The summed E-state index contributed by atoms with van der Waals surface area (Å²) in [5.41, 5.74) is 4.84. The van der Waals surface area contributed by atoms with Crippen molar-refractivity contribution in [2.75, 3.05) is 24.7 Å². The standard InChI is InChI=1S/C25H32N4O2S/c1-17(2)13-14-29-21-12-7-6-11-20(21)26-25(29)32-16-23(31)28(5)15-22(30)27-24-18(3)9-8-10-19(24)4/h6-12,17H,13-16H2,1-5H3,(H,27,30). The minimum absolute atomic E-state index is 0.0108. The number of hydrogen-bond acceptors (Lipinski definition) is 4. The normalized spacial score (nSPS) is 11.2. The average molecular weight is 453 g/mol. The van der Waals surface area contributed by atoms with Crippen LogP contribution < -0.4 is 5.32 Å². The van der Waals surface area contributed by atoms with Crippen molar-refractivity contribution in [3.63, 3.8) is 0 Å². The van der Waals surface area contributed by atoms with Crippen LogP contribution in [-0.4, -0.2) is 45.6 Å². The highest BCUT2D eigenvalue weighted by molar-refractivity contribution is 7.99. The molecule has 6 nitrogen and oxygen atoms in total. The van der Waals surface area contributed by atoms with Crippen molar-refractivity contribution in [3.8, 4) is 0 Å². The summed E-state index contributed by atoms with van der Waals surface area (Å²) in [6.07, 6.45) is 1.04. The van der Waals surface area contributed by atoms with Crippen molar-refractivity contribution in [2.24, 2.45) is 5.92 Å². The summed E-state index contributed by atoms with van der Waals surface area (Å²) in [5.74, 6) is 0.511. The summed E-state index contributed by atoms with van der Waals surface area (Å²) in [7, 11) is 1.66. The fourth-order valence-electron chi connectivity index (χ4n) is 3.50. The Bertz CT molecular complexity index is 1090. The number of nitrogens with one attached hydrogen (secondary N) is 1. The number of aryl methyl sites for hydroxylation is 3. The molecule has 0 aliphatic carbocycles. The third-order valence-corrected chi connectivity index (χ3v) is 6.39. The molecule has 0 saturated carbocycles. The molecule has 0 spiro atoms. The molecule has 0 aliphatic rings. The number of thioether (sulfide) groups is 1. The van der Waals surface area contributed by atoms with Crippen LogP contribution in [0.5, 0.6) is 0 Å². The molecule has 1 heterocycles. The van der Waals surface area contributed by atoms with E-state index in [0.29, 0.717) is 5.92 Å². The maximum atomic E-state index is 12.7. The maximum absolute atomic E-state index is 12.7. The Labute approximate surface area is 194 Å². The third kappa shape index (κ3) is 5.91. The molecule has 2 amide bonds. The molecule has 2 aromatic carbocycles. The van der Waals surface area contributed by atoms with Crippen molar-refractivity contribution in [1.29, 1.82) is 0 Å². The van der Waals surface area contributed by atoms with Crippen molar-refractivity contribution in [2.45, 2.75) is 45.8 Å². The molecule has 0 radical (unpaired) electrons. The van der Waals surface area contributed by atoms with E-state index in [9.17, 15) is 9.59 Å². The zero-order valence-electron chi connectivity index (χ0n) is 19.5. The minimum atomic E-state index is -0.201. The van der Waals surface area contributed by atoms with E-state index >= 15 is 0 Å². The van der Waals surface area contributed by atoms with Gasteiger partial charge in [-0.2, -0.15) is 0 Å². The molecular weight excluding hydrogens is 420 g/mol. The van der Waals surface area contributed by atoms with Crippen molar-refractivity contribution >= 4 is 40.3 Å². The lowest BCUT2D eigenvalue weighted by atomic mass is 10.1. The Morgan fingerprint density at radius 3 is 2.47 bits per heavy atom. The second-order valence-corrected chi connectivity index (χ2v) is 9.51. The van der Waals surface area contributed by atoms with Crippen LogP contribution in [0.1, 0.15) is 31.4 Å². The van der Waals surface area contributed by atoms with Gasteiger partial charge >= 0.3 is 0 Å². The van der Waals surface area contributed by atoms with Gasteiger partial charge in [-0.1, -0.05) is 55.9 Å². The Morgan fingerprint density at radius 1 is 1.09 bits per heavy atom. The molecule has 0 saturated heterocycles. The molecule has 0 atom stereocenters. The number of fused-ring (bicyclic) bond motifs is 1. The van der Waals surface area contributed by atoms with E-state index < -0.39 is 0 Å². The number of hydrogen-bond donors (Lipinski definition) is 1. The number of amides is 2. The van der Waals surface area contributed by atoms with Gasteiger partial charge in [-0.3, -0.25) is 9.59 Å². The van der Waals surface area contributed by atoms with Gasteiger partial charge in [-0.15, -0.1) is 0 Å². The third-order valence-electron chi connectivity index (χ3n) is 5.43. The van der Waals surface area contributed by atoms with Crippen LogP contribution in [0.3, 0.4) is 0 Å². The first kappa shape index (κ1) is 23.9. The van der Waals surface area contributed by atoms with Gasteiger partial charge in [0.05, 0.1) is 23.3 Å². The summed E-state index contributed by atoms with van der Waals surface area (Å²) in [6.45, 7) is 9.19. The second kappa shape index (κ2) is 10.7. The Morgan fingerprint density at radius 2 is 1.78 bits per heavy atom. The molecule has 3 rings (SSSR count). The zero-order chi connectivity index (χ0) is 23.3. The molecule has 0 aliphatic heterocycles. The maximum Gasteiger partial charge on any atom is 0.243 e. The Hall–Kier alpha value is -2.80. The van der Waals surface area contributed by atoms with Crippen LogP contribution >= 0.6 is 11.8 Å². The van der Waals surface area contributed by atoms with Gasteiger partial charge < -0.3 is 14.8 Å². The van der Waals surface area contributed by atoms with Crippen LogP contribution in [0, 0.1) is 19.8 Å². The summed E-state index contributed by atoms with van der Waals surface area (Å²) < 4.78 is 2.20. The monoisotopic (exact) mass is 452 g/mol. The Balaban J connectivity index is 1.62. The SMILES string of the molecule is Cc1cccc(C)c1NC(=O)CN(C)C(=O)CSc1nc2ccccc2n1CCC(C)C. The molecule has 0 fully saturated rings. The van der Waals surface area contributed by atoms with Crippen LogP contribution in [0.4, 0.5) is 5.69 Å². The first-order valence-electron chi connectivity index (χ1n) is 10.9. The molecule has 7 heteroatoms. The molecule has 1 N–H and O–H groups in total. The van der Waals surface area contributed by atoms with Gasteiger partial charge in [0.25, 0.3) is 0 Å². The lowest BCUT2D eigenvalue weighted by molar-refractivity contribution is -0.131. The number of rotatable bonds is 9. The lowest BCUT2D eigenvalue weighted by Crippen LogP contribution is -2.36. The van der Waals surface area contributed by atoms with Gasteiger partial charge in [0, 0.05) is 19.3 Å². The number of anilines is 1. The van der Waals surface area contributed by atoms with Gasteiger partial charge in [0.15, 0.2) is 5.16 Å². The van der Waals surface area contributed by atoms with Gasteiger partial charge in [0.1, 0.15) is 0 Å². The van der Waals surface area contributed by atoms with Crippen LogP contribution in [0.2, 0.25) is 0 Å². The van der Waals surface area contributed by atoms with E-state index in [4.69, 9.17) is 4.98 Å². The average Bonchev–Trinajstić information content (AvgIpc) is 3.10. The largest absolute Gasteiger partial charge is 0.336 e. The van der Waals surface area contributed by atoms with E-state index in [-0.39, 0.29) is 24.1 Å². The van der Waals surface area contributed by atoms with Gasteiger partial charge in [0.2, 0.25) is 11.8 Å². The number of likely N-dealkylation sites (N-methyl/N-ethyl adjacent to an activating group) is 1. The highest BCUT2D eigenvalue weighted by Crippen LogP contribution is 2.25. The predicted molar refractivity (Wildman–Crippen MR) is 132 cm³/mol. The van der Waals surface area contributed by atoms with Crippen LogP contribution in [0.15, 0.2) is 47.6 Å². The first-order chi connectivity index (χ1) is 15.3. The van der Waals surface area contributed by atoms with Crippen LogP contribution in [0.25, 0.3) is 11.0 Å². The number of carbonyl (C=O) groups is 2. The predicted octanol–water partition coefficient (Wildman–Crippen LogP) is 4.89. The van der Waals surface area contributed by atoms with Crippen molar-refractivity contribution in [3.05, 3.63) is 53.6 Å². The lowest BCUT2D eigenvalue weighted by Gasteiger charge is -2.18. The fourth-order valence-corrected chi connectivity index (χ4v) is 4.48. The van der Waals surface area contributed by atoms with Crippen molar-refractivity contribution < 1.29 is 9.59 Å². The van der Waals surface area contributed by atoms with E-state index in [2.05, 4.69) is 29.8 Å². The van der Waals surface area contributed by atoms with E-state index in [0.717, 1.165) is 46.0 Å². The quantitative estimate of drug-likeness (QED) is 0.470. The Kier molecular flexibility index (Phi) is 7.96. The van der Waals surface area contributed by atoms with E-state index in [1.807, 2.05) is 50.2 Å². The fraction of sp³-hybridized carbons (Fsp3) is 0.400. The van der Waals surface area contributed by atoms with Crippen molar-refractivity contribution in [1.82, 2.24) is 14.5 Å². The second-order valence-electron chi connectivity index (χ2n) is 8.57. The summed E-state index contributed by atoms with van der Waals surface area (Å²) in [6, 6.07) is 13.9. The number of imidazole rings is 1. The molecule has 32 heavy (non-hydrogen) atoms. The van der Waals surface area contributed by atoms with Gasteiger partial charge in [-0.25, -0.2) is 4.98 Å². The summed E-state index contributed by atoms with van der Waals surface area (Å²) in [4.78, 5) is 31.4. The summed E-state index contributed by atoms with van der Waals surface area (Å²) >= 11 is 1.43. The highest BCUT2D eigenvalue weighted by atomic mass is 32.2. The number of nitrogens with zero attached hydrogens (tertiary/aromatic N) is 3. The molecule has 3 aromatic rings. The van der Waals surface area contributed by atoms with E-state index in [1.54, 1.807) is 7.05 Å². The molecule has 1 aromatic heterocycles. The molecular formula is C25H32N4O2S. The van der Waals surface area contributed by atoms with E-state index in [1.165, 1.54) is 16.7 Å². The highest BCUT2D eigenvalue weighted by Gasteiger charge is 2.17. The van der Waals surface area contributed by atoms with Crippen LogP contribution in [-0.2, 0) is 16.1 Å². The molecule has 0 unspecified atom stereocenters. The number of benzene rings is 2. The minimum Gasteiger partial charge on any atom is -0.336 e. The topological polar surface area (TPSA) is 67.2 Å². The number of para-hydroxylation sites is 3. The zero-order valence-corrected chi connectivity index (χ0v) is 20.3. The smallest absolute Gasteiger partial charge is 0.243 e. The number of aromatic nitrogens is 2.